The summed E-state index contributed by atoms with van der Waals surface area (Å²) in [5.41, 5.74) is 7.56. The third-order valence-corrected chi connectivity index (χ3v) is 2.69. The highest BCUT2D eigenvalue weighted by molar-refractivity contribution is 6.30. The number of aromatic nitrogens is 1. The summed E-state index contributed by atoms with van der Waals surface area (Å²) in [6.45, 7) is 1.19. The van der Waals surface area contributed by atoms with Gasteiger partial charge >= 0.3 is 0 Å². The Kier molecular flexibility index (Phi) is 3.27. The molecule has 0 saturated carbocycles. The van der Waals surface area contributed by atoms with Crippen molar-refractivity contribution in [2.75, 3.05) is 0 Å². The van der Waals surface area contributed by atoms with E-state index < -0.39 is 0 Å². The van der Waals surface area contributed by atoms with Gasteiger partial charge < -0.3 is 10.3 Å². The number of rotatable bonds is 3. The highest BCUT2D eigenvalue weighted by Gasteiger charge is 2.02. The van der Waals surface area contributed by atoms with Crippen LogP contribution in [-0.4, -0.2) is 4.57 Å². The van der Waals surface area contributed by atoms with Crippen LogP contribution in [0, 0.1) is 5.82 Å². The zero-order chi connectivity index (χ0) is 11.5. The lowest BCUT2D eigenvalue weighted by atomic mass is 10.2. The van der Waals surface area contributed by atoms with Crippen LogP contribution in [0.15, 0.2) is 36.7 Å². The van der Waals surface area contributed by atoms with Gasteiger partial charge in [-0.3, -0.25) is 0 Å². The summed E-state index contributed by atoms with van der Waals surface area (Å²) in [6.07, 6.45) is 3.91. The highest BCUT2D eigenvalue weighted by atomic mass is 35.5. The van der Waals surface area contributed by atoms with Crippen molar-refractivity contribution < 1.29 is 4.39 Å². The van der Waals surface area contributed by atoms with Gasteiger partial charge in [0.25, 0.3) is 0 Å². The second kappa shape index (κ2) is 4.68. The largest absolute Gasteiger partial charge is 0.350 e. The van der Waals surface area contributed by atoms with Crippen molar-refractivity contribution in [3.8, 4) is 0 Å². The van der Waals surface area contributed by atoms with Crippen molar-refractivity contribution in [2.45, 2.75) is 13.1 Å². The topological polar surface area (TPSA) is 30.9 Å². The Bertz CT molecular complexity index is 494. The minimum absolute atomic E-state index is 0.156. The van der Waals surface area contributed by atoms with Gasteiger partial charge in [-0.05, 0) is 29.3 Å². The summed E-state index contributed by atoms with van der Waals surface area (Å²) < 4.78 is 14.9. The summed E-state index contributed by atoms with van der Waals surface area (Å²) in [5, 5.41) is 0.156. The Morgan fingerprint density at radius 2 is 2.06 bits per heavy atom. The molecule has 2 aromatic rings. The lowest BCUT2D eigenvalue weighted by Crippen LogP contribution is -1.98. The first-order chi connectivity index (χ1) is 7.69. The second-order valence-electron chi connectivity index (χ2n) is 3.64. The number of benzene rings is 1. The lowest BCUT2D eigenvalue weighted by molar-refractivity contribution is 0.626. The first-order valence-corrected chi connectivity index (χ1v) is 5.35. The zero-order valence-electron chi connectivity index (χ0n) is 8.66. The Balaban J connectivity index is 2.17. The summed E-state index contributed by atoms with van der Waals surface area (Å²) in [7, 11) is 0. The predicted octanol–water partition coefficient (Wildman–Crippen LogP) is 2.79. The van der Waals surface area contributed by atoms with Crippen LogP contribution in [0.1, 0.15) is 11.1 Å². The summed E-state index contributed by atoms with van der Waals surface area (Å²) in [6, 6.07) is 6.71. The summed E-state index contributed by atoms with van der Waals surface area (Å²) in [4.78, 5) is 0. The fourth-order valence-corrected chi connectivity index (χ4v) is 1.76. The molecule has 1 aromatic carbocycles. The van der Waals surface area contributed by atoms with E-state index in [1.807, 2.05) is 23.0 Å². The van der Waals surface area contributed by atoms with E-state index in [0.29, 0.717) is 13.1 Å². The number of nitrogens with two attached hydrogens (primary N) is 1. The molecule has 1 aromatic heterocycles. The molecule has 0 radical (unpaired) electrons. The average Bonchev–Trinajstić information content (AvgIpc) is 2.71. The van der Waals surface area contributed by atoms with E-state index in [1.165, 1.54) is 6.07 Å². The van der Waals surface area contributed by atoms with Gasteiger partial charge in [0.05, 0.1) is 5.02 Å². The van der Waals surface area contributed by atoms with E-state index in [-0.39, 0.29) is 10.8 Å². The number of hydrogen-bond acceptors (Lipinski definition) is 1. The van der Waals surface area contributed by atoms with E-state index in [1.54, 1.807) is 12.1 Å². The Morgan fingerprint density at radius 3 is 2.69 bits per heavy atom. The molecule has 0 atom stereocenters. The lowest BCUT2D eigenvalue weighted by Gasteiger charge is -2.04. The van der Waals surface area contributed by atoms with Crippen molar-refractivity contribution in [3.05, 3.63) is 58.6 Å². The van der Waals surface area contributed by atoms with Gasteiger partial charge in [0.1, 0.15) is 5.82 Å². The average molecular weight is 239 g/mol. The van der Waals surface area contributed by atoms with E-state index in [0.717, 1.165) is 11.1 Å². The van der Waals surface area contributed by atoms with E-state index in [9.17, 15) is 4.39 Å². The van der Waals surface area contributed by atoms with Crippen molar-refractivity contribution >= 4 is 11.6 Å². The van der Waals surface area contributed by atoms with Crippen LogP contribution in [0.25, 0.3) is 0 Å². The van der Waals surface area contributed by atoms with Gasteiger partial charge in [0, 0.05) is 25.5 Å². The van der Waals surface area contributed by atoms with Crippen molar-refractivity contribution in [1.29, 1.82) is 0 Å². The Morgan fingerprint density at radius 1 is 1.25 bits per heavy atom. The fraction of sp³-hybridized carbons (Fsp3) is 0.167. The van der Waals surface area contributed by atoms with Crippen molar-refractivity contribution in [1.82, 2.24) is 4.57 Å². The molecule has 16 heavy (non-hydrogen) atoms. The number of halogens is 2. The van der Waals surface area contributed by atoms with E-state index >= 15 is 0 Å². The molecule has 0 aliphatic rings. The maximum absolute atomic E-state index is 12.9. The van der Waals surface area contributed by atoms with Crippen LogP contribution in [0.4, 0.5) is 4.39 Å². The molecule has 0 bridgehead atoms. The standard InChI is InChI=1S/C12H12ClFN2/c13-11-5-9(1-2-12(11)14)7-16-4-3-10(6-15)8-16/h1-5,8H,6-7,15H2. The smallest absolute Gasteiger partial charge is 0.141 e. The molecule has 0 fully saturated rings. The molecule has 0 aliphatic heterocycles. The summed E-state index contributed by atoms with van der Waals surface area (Å²) in [5.74, 6) is -0.388. The van der Waals surface area contributed by atoms with Crippen LogP contribution < -0.4 is 5.73 Å². The molecule has 4 heteroatoms. The van der Waals surface area contributed by atoms with Crippen LogP contribution in [0.5, 0.6) is 0 Å². The second-order valence-corrected chi connectivity index (χ2v) is 4.05. The first-order valence-electron chi connectivity index (χ1n) is 4.97. The first kappa shape index (κ1) is 11.2. The van der Waals surface area contributed by atoms with Crippen LogP contribution >= 0.6 is 11.6 Å². The van der Waals surface area contributed by atoms with Gasteiger partial charge in [-0.15, -0.1) is 0 Å². The molecule has 84 valence electrons. The Labute approximate surface area is 98.4 Å². The quantitative estimate of drug-likeness (QED) is 0.876. The van der Waals surface area contributed by atoms with Gasteiger partial charge in [0.2, 0.25) is 0 Å². The highest BCUT2D eigenvalue weighted by Crippen LogP contribution is 2.17. The van der Waals surface area contributed by atoms with E-state index in [2.05, 4.69) is 0 Å². The predicted molar refractivity (Wildman–Crippen MR) is 62.8 cm³/mol. The molecule has 0 unspecified atom stereocenters. The molecule has 2 rings (SSSR count). The maximum Gasteiger partial charge on any atom is 0.141 e. The normalized spacial score (nSPS) is 10.7. The van der Waals surface area contributed by atoms with Crippen LogP contribution in [0.3, 0.4) is 0 Å². The van der Waals surface area contributed by atoms with Gasteiger partial charge in [-0.2, -0.15) is 0 Å². The third kappa shape index (κ3) is 2.43. The van der Waals surface area contributed by atoms with E-state index in [4.69, 9.17) is 17.3 Å². The third-order valence-electron chi connectivity index (χ3n) is 2.40. The maximum atomic E-state index is 12.9. The van der Waals surface area contributed by atoms with Crippen molar-refractivity contribution in [3.63, 3.8) is 0 Å². The molecule has 0 spiro atoms. The molecule has 0 amide bonds. The molecule has 2 nitrogen and oxygen atoms in total. The minimum Gasteiger partial charge on any atom is -0.350 e. The van der Waals surface area contributed by atoms with Crippen LogP contribution in [0.2, 0.25) is 5.02 Å². The van der Waals surface area contributed by atoms with Gasteiger partial charge in [-0.25, -0.2) is 4.39 Å². The molecule has 0 saturated heterocycles. The zero-order valence-corrected chi connectivity index (χ0v) is 9.41. The minimum atomic E-state index is -0.388. The molecule has 2 N–H and O–H groups in total. The molecule has 0 aliphatic carbocycles. The number of hydrogen-bond donors (Lipinski definition) is 1. The van der Waals surface area contributed by atoms with Crippen molar-refractivity contribution in [2.24, 2.45) is 5.73 Å². The van der Waals surface area contributed by atoms with Gasteiger partial charge in [-0.1, -0.05) is 17.7 Å². The van der Waals surface area contributed by atoms with Gasteiger partial charge in [0.15, 0.2) is 0 Å². The monoisotopic (exact) mass is 238 g/mol. The fourth-order valence-electron chi connectivity index (χ4n) is 1.56. The number of nitrogens with zero attached hydrogens (tertiary/aromatic N) is 1. The molecular weight excluding hydrogens is 227 g/mol. The molecular formula is C12H12ClFN2. The van der Waals surface area contributed by atoms with Crippen LogP contribution in [-0.2, 0) is 13.1 Å². The molecule has 1 heterocycles. The Hall–Kier alpha value is -1.32. The SMILES string of the molecule is NCc1ccn(Cc2ccc(F)c(Cl)c2)c1. The summed E-state index contributed by atoms with van der Waals surface area (Å²) >= 11 is 5.71.